The van der Waals surface area contributed by atoms with Gasteiger partial charge in [0.15, 0.2) is 0 Å². The number of nitrogens with two attached hydrogens (primary N) is 1. The van der Waals surface area contributed by atoms with E-state index in [1.165, 1.54) is 70.6 Å². The zero-order valence-corrected chi connectivity index (χ0v) is 17.8. The zero-order valence-electron chi connectivity index (χ0n) is 17.8. The molecule has 0 aromatic rings. The maximum Gasteiger partial charge on any atom is 0.0113 e. The monoisotopic (exact) mass is 406 g/mol. The van der Waals surface area contributed by atoms with Gasteiger partial charge in [0.2, 0.25) is 0 Å². The van der Waals surface area contributed by atoms with E-state index in [9.17, 15) is 0 Å². The molecule has 0 saturated heterocycles. The number of unbranched alkanes of at least 4 members (excludes halogenated alkanes) is 10. The second kappa shape index (κ2) is 24.6. The van der Waals surface area contributed by atoms with Crippen molar-refractivity contribution < 1.29 is 0 Å². The molecule has 12 nitrogen and oxygen atoms in total. The van der Waals surface area contributed by atoms with E-state index in [2.05, 4.69) is 74.6 Å². The van der Waals surface area contributed by atoms with Gasteiger partial charge in [-0.15, -0.1) is 0 Å². The summed E-state index contributed by atoms with van der Waals surface area (Å²) in [6, 6.07) is 0. The molecule has 0 aliphatic heterocycles. The van der Waals surface area contributed by atoms with E-state index < -0.39 is 0 Å². The van der Waals surface area contributed by atoms with Crippen molar-refractivity contribution in [3.8, 4) is 0 Å². The Balaban J connectivity index is 2.98. The third-order valence-corrected chi connectivity index (χ3v) is 4.24. The highest BCUT2D eigenvalue weighted by Gasteiger charge is 1.95. The van der Waals surface area contributed by atoms with Crippen LogP contribution in [0.4, 0.5) is 0 Å². The van der Waals surface area contributed by atoms with Crippen LogP contribution < -0.4 is 66.6 Å². The first-order valence-electron chi connectivity index (χ1n) is 10.7. The molecule has 0 aliphatic rings. The molecular weight excluding hydrogens is 360 g/mol. The summed E-state index contributed by atoms with van der Waals surface area (Å²) in [5.74, 6) is 5.82. The van der Waals surface area contributed by atoms with Crippen LogP contribution in [0.1, 0.15) is 90.9 Å². The van der Waals surface area contributed by atoms with Crippen molar-refractivity contribution in [1.29, 1.82) is 0 Å². The third-order valence-electron chi connectivity index (χ3n) is 4.24. The molecule has 0 atom stereocenters. The van der Waals surface area contributed by atoms with Gasteiger partial charge in [0, 0.05) is 6.54 Å². The summed E-state index contributed by atoms with van der Waals surface area (Å²) in [7, 11) is 0. The van der Waals surface area contributed by atoms with Crippen LogP contribution in [0.3, 0.4) is 0 Å². The van der Waals surface area contributed by atoms with E-state index >= 15 is 0 Å². The smallest absolute Gasteiger partial charge is 0.0113 e. The third kappa shape index (κ3) is 25.5. The molecule has 0 aromatic carbocycles. The van der Waals surface area contributed by atoms with Gasteiger partial charge in [0.1, 0.15) is 0 Å². The Morgan fingerprint density at radius 3 is 1.36 bits per heavy atom. The molecule has 0 fully saturated rings. The molecule has 0 heterocycles. The molecule has 170 valence electrons. The average molecular weight is 407 g/mol. The molecule has 12 heteroatoms. The number of hydrazine groups is 11. The minimum absolute atomic E-state index is 0.865. The average Bonchev–Trinajstić information content (AvgIpc) is 2.68. The van der Waals surface area contributed by atoms with Crippen molar-refractivity contribution in [1.82, 2.24) is 60.8 Å². The Bertz CT molecular complexity index is 282. The van der Waals surface area contributed by atoms with E-state index in [1.807, 2.05) is 0 Å². The van der Waals surface area contributed by atoms with E-state index in [4.69, 9.17) is 5.84 Å². The highest BCUT2D eigenvalue weighted by molar-refractivity contribution is 4.50. The molecule has 0 aliphatic carbocycles. The first-order valence-corrected chi connectivity index (χ1v) is 10.7. The van der Waals surface area contributed by atoms with Crippen molar-refractivity contribution in [3.63, 3.8) is 0 Å². The lowest BCUT2D eigenvalue weighted by Crippen LogP contribution is -2.66. The topological polar surface area (TPSA) is 158 Å². The van der Waals surface area contributed by atoms with Gasteiger partial charge < -0.3 is 0 Å². The van der Waals surface area contributed by atoms with Crippen molar-refractivity contribution in [2.45, 2.75) is 90.9 Å². The van der Waals surface area contributed by atoms with Crippen LogP contribution in [0.5, 0.6) is 0 Å². The highest BCUT2D eigenvalue weighted by Crippen LogP contribution is 2.13. The summed E-state index contributed by atoms with van der Waals surface area (Å²) >= 11 is 0. The van der Waals surface area contributed by atoms with Gasteiger partial charge in [-0.1, -0.05) is 84.5 Å². The van der Waals surface area contributed by atoms with Crippen LogP contribution in [0, 0.1) is 5.92 Å². The maximum absolute atomic E-state index is 4.96. The Hall–Kier alpha value is -0.480. The van der Waals surface area contributed by atoms with Crippen LogP contribution in [0.2, 0.25) is 0 Å². The summed E-state index contributed by atoms with van der Waals surface area (Å²) in [5, 5.41) is 0. The maximum atomic E-state index is 4.96. The second-order valence-electron chi connectivity index (χ2n) is 7.27. The summed E-state index contributed by atoms with van der Waals surface area (Å²) in [6.45, 7) is 5.55. The van der Waals surface area contributed by atoms with Crippen LogP contribution >= 0.6 is 0 Å². The van der Waals surface area contributed by atoms with Gasteiger partial charge in [-0.3, -0.25) is 5.84 Å². The molecule has 0 saturated carbocycles. The van der Waals surface area contributed by atoms with Gasteiger partial charge in [0.25, 0.3) is 0 Å². The zero-order chi connectivity index (χ0) is 20.5. The largest absolute Gasteiger partial charge is 0.257 e. The van der Waals surface area contributed by atoms with E-state index in [-0.39, 0.29) is 0 Å². The van der Waals surface area contributed by atoms with Crippen molar-refractivity contribution >= 4 is 0 Å². The number of hydrogen-bond acceptors (Lipinski definition) is 12. The molecule has 0 amide bonds. The minimum atomic E-state index is 0.865. The lowest BCUT2D eigenvalue weighted by atomic mass is 10.0. The highest BCUT2D eigenvalue weighted by atomic mass is 16.0. The first kappa shape index (κ1) is 27.5. The Morgan fingerprint density at radius 1 is 0.500 bits per heavy atom. The molecule has 0 bridgehead atoms. The molecule has 0 rings (SSSR count). The Labute approximate surface area is 170 Å². The Kier molecular flexibility index (Phi) is 24.1. The molecular formula is C16H46N12. The fourth-order valence-electron chi connectivity index (χ4n) is 2.72. The van der Waals surface area contributed by atoms with Gasteiger partial charge in [-0.2, -0.15) is 55.3 Å². The van der Waals surface area contributed by atoms with Crippen LogP contribution in [-0.4, -0.2) is 6.54 Å². The normalized spacial score (nSPS) is 11.6. The van der Waals surface area contributed by atoms with Gasteiger partial charge >= 0.3 is 0 Å². The second-order valence-corrected chi connectivity index (χ2v) is 7.27. The molecule has 0 radical (unpaired) electrons. The lowest BCUT2D eigenvalue weighted by Gasteiger charge is -2.13. The predicted octanol–water partition coefficient (Wildman–Crippen LogP) is -0.167. The van der Waals surface area contributed by atoms with Crippen molar-refractivity contribution in [2.75, 3.05) is 6.54 Å². The predicted molar refractivity (Wildman–Crippen MR) is 114 cm³/mol. The van der Waals surface area contributed by atoms with Crippen LogP contribution in [0.15, 0.2) is 0 Å². The number of nitrogens with one attached hydrogen (secondary N) is 11. The molecule has 0 aromatic heterocycles. The van der Waals surface area contributed by atoms with Gasteiger partial charge in [0.05, 0.1) is 0 Å². The van der Waals surface area contributed by atoms with Crippen molar-refractivity contribution in [2.24, 2.45) is 11.8 Å². The fraction of sp³-hybridized carbons (Fsp3) is 1.00. The van der Waals surface area contributed by atoms with Crippen LogP contribution in [-0.2, 0) is 0 Å². The number of hydrogen-bond donors (Lipinski definition) is 12. The SMILES string of the molecule is CC(C)CCCCCCCCCCCCCNNNNNNNNNNNN. The Morgan fingerprint density at radius 2 is 0.893 bits per heavy atom. The van der Waals surface area contributed by atoms with Crippen molar-refractivity contribution in [3.05, 3.63) is 0 Å². The lowest BCUT2D eigenvalue weighted by molar-refractivity contribution is 0.225. The van der Waals surface area contributed by atoms with E-state index in [0.717, 1.165) is 18.9 Å². The fourth-order valence-corrected chi connectivity index (χ4v) is 2.72. The summed E-state index contributed by atoms with van der Waals surface area (Å²) in [4.78, 5) is 0. The summed E-state index contributed by atoms with van der Waals surface area (Å²) in [6.07, 6.45) is 16.4. The van der Waals surface area contributed by atoms with Gasteiger partial charge in [-0.05, 0) is 12.3 Å². The molecule has 28 heavy (non-hydrogen) atoms. The van der Waals surface area contributed by atoms with E-state index in [1.54, 1.807) is 0 Å². The summed E-state index contributed by atoms with van der Waals surface area (Å²) in [5.41, 5.74) is 28.6. The molecule has 0 spiro atoms. The van der Waals surface area contributed by atoms with Gasteiger partial charge in [-0.25, -0.2) is 5.43 Å². The van der Waals surface area contributed by atoms with E-state index in [0.29, 0.717) is 0 Å². The minimum Gasteiger partial charge on any atom is -0.257 e. The van der Waals surface area contributed by atoms with Crippen LogP contribution in [0.25, 0.3) is 0 Å². The number of rotatable bonds is 24. The standard InChI is InChI=1S/C16H46N12/c1-16(2)14-12-10-8-6-4-3-5-7-9-11-13-15-18-20-22-24-26-28-27-25-23-21-19-17/h16,18-28H,3-15,17H2,1-2H3. The first-order chi connectivity index (χ1) is 13.8. The quantitative estimate of drug-likeness (QED) is 0.0584. The molecule has 13 N–H and O–H groups in total. The summed E-state index contributed by atoms with van der Waals surface area (Å²) < 4.78 is 0. The molecule has 0 unspecified atom stereocenters.